The Hall–Kier alpha value is -3.13. The predicted octanol–water partition coefficient (Wildman–Crippen LogP) is 6.26. The Bertz CT molecular complexity index is 1310. The van der Waals surface area contributed by atoms with Gasteiger partial charge in [0.1, 0.15) is 11.4 Å². The summed E-state index contributed by atoms with van der Waals surface area (Å²) >= 11 is 7.15. The Balaban J connectivity index is 1.29. The molecule has 1 aliphatic heterocycles. The molecule has 1 aliphatic rings. The summed E-state index contributed by atoms with van der Waals surface area (Å²) in [5.74, 6) is 1.28. The van der Waals surface area contributed by atoms with Gasteiger partial charge in [-0.15, -0.1) is 11.3 Å². The highest BCUT2D eigenvalue weighted by molar-refractivity contribution is 7.17. The molecule has 3 heterocycles. The molecule has 0 saturated carbocycles. The first-order valence-electron chi connectivity index (χ1n) is 11.6. The number of methoxy groups -OCH3 is 1. The fourth-order valence-electron chi connectivity index (χ4n) is 4.33. The number of carbonyl (C=O) groups is 1. The average molecular weight is 508 g/mol. The van der Waals surface area contributed by atoms with Gasteiger partial charge in [0.05, 0.1) is 22.9 Å². The molecule has 0 spiro atoms. The maximum absolute atomic E-state index is 12.2. The Kier molecular flexibility index (Phi) is 7.18. The summed E-state index contributed by atoms with van der Waals surface area (Å²) in [7, 11) is 1.71. The minimum Gasteiger partial charge on any atom is -0.497 e. The molecule has 180 valence electrons. The highest BCUT2D eigenvalue weighted by Gasteiger charge is 2.16. The van der Waals surface area contributed by atoms with Crippen LogP contribution in [0.5, 0.6) is 5.75 Å². The summed E-state index contributed by atoms with van der Waals surface area (Å²) in [5.41, 5.74) is 5.31. The van der Waals surface area contributed by atoms with Gasteiger partial charge < -0.3 is 14.6 Å². The van der Waals surface area contributed by atoms with Gasteiger partial charge in [-0.3, -0.25) is 9.69 Å². The van der Waals surface area contributed by atoms with E-state index in [1.165, 1.54) is 35.3 Å². The van der Waals surface area contributed by atoms with Gasteiger partial charge in [0.25, 0.3) is 5.91 Å². The molecule has 0 unspecified atom stereocenters. The maximum atomic E-state index is 12.2. The average Bonchev–Trinajstić information content (AvgIpc) is 3.65. The largest absolute Gasteiger partial charge is 0.497 e. The first-order valence-corrected chi connectivity index (χ1v) is 12.8. The zero-order valence-corrected chi connectivity index (χ0v) is 21.0. The summed E-state index contributed by atoms with van der Waals surface area (Å²) in [5, 5.41) is 7.02. The van der Waals surface area contributed by atoms with Crippen LogP contribution >= 0.6 is 22.9 Å². The van der Waals surface area contributed by atoms with Gasteiger partial charge in [-0.1, -0.05) is 47.1 Å². The van der Waals surface area contributed by atoms with Crippen LogP contribution in [0.25, 0.3) is 22.4 Å². The molecule has 1 amide bonds. The lowest BCUT2D eigenvalue weighted by Crippen LogP contribution is -2.21. The van der Waals surface area contributed by atoms with E-state index in [2.05, 4.69) is 39.6 Å². The van der Waals surface area contributed by atoms with Crippen molar-refractivity contribution < 1.29 is 14.1 Å². The van der Waals surface area contributed by atoms with Gasteiger partial charge in [0, 0.05) is 18.2 Å². The van der Waals surface area contributed by atoms with E-state index in [-0.39, 0.29) is 12.5 Å². The van der Waals surface area contributed by atoms with Crippen molar-refractivity contribution in [3.8, 4) is 28.1 Å². The molecule has 6 nitrogen and oxygen atoms in total. The Labute approximate surface area is 213 Å². The molecule has 1 fully saturated rings. The van der Waals surface area contributed by atoms with E-state index < -0.39 is 0 Å². The van der Waals surface area contributed by atoms with Crippen molar-refractivity contribution in [1.29, 1.82) is 0 Å². The van der Waals surface area contributed by atoms with E-state index in [1.807, 2.05) is 24.3 Å². The fraction of sp³-hybridized carbons (Fsp3) is 0.259. The standard InChI is InChI=1S/C27H26ClN3O3S/c1-33-21-8-9-23(20(14-21)17-31-12-2-3-13-31)18-4-6-19(7-5-18)24-15-22(34-30-24)16-29-27(32)25-10-11-26(28)35-25/h4-11,14-15H,2-3,12-13,16-17H2,1H3,(H,29,32). The van der Waals surface area contributed by atoms with Gasteiger partial charge in [-0.2, -0.15) is 0 Å². The molecular formula is C27H26ClN3O3S. The number of aromatic nitrogens is 1. The molecule has 0 bridgehead atoms. The van der Waals surface area contributed by atoms with Crippen molar-refractivity contribution in [1.82, 2.24) is 15.4 Å². The van der Waals surface area contributed by atoms with E-state index in [9.17, 15) is 4.79 Å². The third-order valence-electron chi connectivity index (χ3n) is 6.18. The number of amides is 1. The zero-order valence-electron chi connectivity index (χ0n) is 19.4. The molecule has 8 heteroatoms. The number of benzene rings is 2. The quantitative estimate of drug-likeness (QED) is 0.305. The molecule has 0 atom stereocenters. The van der Waals surface area contributed by atoms with E-state index in [0.717, 1.165) is 42.2 Å². The summed E-state index contributed by atoms with van der Waals surface area (Å²) < 4.78 is 11.5. The van der Waals surface area contributed by atoms with Crippen molar-refractivity contribution in [2.45, 2.75) is 25.9 Å². The summed E-state index contributed by atoms with van der Waals surface area (Å²) in [4.78, 5) is 15.3. The highest BCUT2D eigenvalue weighted by atomic mass is 35.5. The number of carbonyl (C=O) groups excluding carboxylic acids is 1. The molecule has 35 heavy (non-hydrogen) atoms. The number of nitrogens with one attached hydrogen (secondary N) is 1. The number of halogens is 1. The number of hydrogen-bond acceptors (Lipinski definition) is 6. The SMILES string of the molecule is COc1ccc(-c2ccc(-c3cc(CNC(=O)c4ccc(Cl)s4)on3)cc2)c(CN2CCCC2)c1. The zero-order chi connectivity index (χ0) is 24.2. The molecule has 0 radical (unpaired) electrons. The number of ether oxygens (including phenoxy) is 1. The molecule has 2 aromatic carbocycles. The lowest BCUT2D eigenvalue weighted by molar-refractivity contribution is 0.0951. The van der Waals surface area contributed by atoms with Gasteiger partial charge >= 0.3 is 0 Å². The van der Waals surface area contributed by atoms with Gasteiger partial charge in [-0.05, 0) is 66.9 Å². The topological polar surface area (TPSA) is 67.6 Å². The third-order valence-corrected chi connectivity index (χ3v) is 7.41. The first kappa shape index (κ1) is 23.6. The van der Waals surface area contributed by atoms with Gasteiger partial charge in [0.15, 0.2) is 5.76 Å². The Morgan fingerprint density at radius 2 is 1.86 bits per heavy atom. The van der Waals surface area contributed by atoms with Crippen molar-refractivity contribution in [3.05, 3.63) is 81.2 Å². The summed E-state index contributed by atoms with van der Waals surface area (Å²) in [6.07, 6.45) is 2.53. The second-order valence-corrected chi connectivity index (χ2v) is 10.3. The Morgan fingerprint density at radius 1 is 1.09 bits per heavy atom. The first-order chi connectivity index (χ1) is 17.1. The molecule has 1 saturated heterocycles. The molecule has 0 aliphatic carbocycles. The van der Waals surface area contributed by atoms with Crippen LogP contribution in [-0.4, -0.2) is 36.2 Å². The van der Waals surface area contributed by atoms with E-state index >= 15 is 0 Å². The van der Waals surface area contributed by atoms with E-state index in [0.29, 0.717) is 15.0 Å². The number of likely N-dealkylation sites (tertiary alicyclic amines) is 1. The number of hydrogen-bond donors (Lipinski definition) is 1. The van der Waals surface area contributed by atoms with Crippen LogP contribution in [-0.2, 0) is 13.1 Å². The van der Waals surface area contributed by atoms with Crippen molar-refractivity contribution in [2.24, 2.45) is 0 Å². The third kappa shape index (κ3) is 5.59. The van der Waals surface area contributed by atoms with Gasteiger partial charge in [-0.25, -0.2) is 0 Å². The lowest BCUT2D eigenvalue weighted by Gasteiger charge is -2.18. The molecule has 1 N–H and O–H groups in total. The highest BCUT2D eigenvalue weighted by Crippen LogP contribution is 2.31. The molecule has 4 aromatic rings. The maximum Gasteiger partial charge on any atom is 0.261 e. The van der Waals surface area contributed by atoms with Crippen LogP contribution in [0.4, 0.5) is 0 Å². The summed E-state index contributed by atoms with van der Waals surface area (Å²) in [6, 6.07) is 19.9. The second kappa shape index (κ2) is 10.6. The van der Waals surface area contributed by atoms with Crippen molar-refractivity contribution in [3.63, 3.8) is 0 Å². The summed E-state index contributed by atoms with van der Waals surface area (Å²) in [6.45, 7) is 3.46. The smallest absolute Gasteiger partial charge is 0.261 e. The van der Waals surface area contributed by atoms with Crippen LogP contribution in [0.2, 0.25) is 4.34 Å². The van der Waals surface area contributed by atoms with E-state index in [4.69, 9.17) is 20.9 Å². The lowest BCUT2D eigenvalue weighted by atomic mass is 9.97. The number of nitrogens with zero attached hydrogens (tertiary/aromatic N) is 2. The molecule has 2 aromatic heterocycles. The van der Waals surface area contributed by atoms with E-state index in [1.54, 1.807) is 19.2 Å². The van der Waals surface area contributed by atoms with Crippen molar-refractivity contribution in [2.75, 3.05) is 20.2 Å². The minimum absolute atomic E-state index is 0.187. The van der Waals surface area contributed by atoms with Crippen LogP contribution < -0.4 is 10.1 Å². The Morgan fingerprint density at radius 3 is 2.57 bits per heavy atom. The molecular weight excluding hydrogens is 482 g/mol. The van der Waals surface area contributed by atoms with Gasteiger partial charge in [0.2, 0.25) is 0 Å². The fourth-order valence-corrected chi connectivity index (χ4v) is 5.29. The van der Waals surface area contributed by atoms with Crippen LogP contribution in [0.15, 0.2) is 65.2 Å². The van der Waals surface area contributed by atoms with Crippen LogP contribution in [0, 0.1) is 0 Å². The molecule has 5 rings (SSSR count). The predicted molar refractivity (Wildman–Crippen MR) is 139 cm³/mol. The van der Waals surface area contributed by atoms with Crippen LogP contribution in [0.1, 0.15) is 33.8 Å². The number of rotatable bonds is 8. The van der Waals surface area contributed by atoms with Crippen molar-refractivity contribution >= 4 is 28.8 Å². The van der Waals surface area contributed by atoms with Crippen LogP contribution in [0.3, 0.4) is 0 Å². The normalized spacial score (nSPS) is 13.8. The number of thiophene rings is 1. The minimum atomic E-state index is -0.187. The monoisotopic (exact) mass is 507 g/mol. The second-order valence-electron chi connectivity index (χ2n) is 8.55.